The standard InChI is InChI=1S/C24H22N2O5/c1-16(27)31-23-21(29-2)13-17(14-22(23)30-3)15-25-26-24(28)20-11-9-19(10-12-20)18-7-5-4-6-8-18/h4-15H,1-3H3,(H,26,28)/b25-15+. The van der Waals surface area contributed by atoms with Gasteiger partial charge in [-0.05, 0) is 35.4 Å². The first kappa shape index (κ1) is 21.6. The second-order valence-electron chi connectivity index (χ2n) is 6.49. The van der Waals surface area contributed by atoms with Crippen LogP contribution in [0.25, 0.3) is 11.1 Å². The topological polar surface area (TPSA) is 86.2 Å². The Balaban J connectivity index is 1.71. The fraction of sp³-hybridized carbons (Fsp3) is 0.125. The highest BCUT2D eigenvalue weighted by molar-refractivity contribution is 5.95. The largest absolute Gasteiger partial charge is 0.493 e. The number of ether oxygens (including phenoxy) is 3. The average molecular weight is 418 g/mol. The highest BCUT2D eigenvalue weighted by atomic mass is 16.6. The zero-order valence-electron chi connectivity index (χ0n) is 17.4. The molecule has 0 fully saturated rings. The maximum absolute atomic E-state index is 12.4. The number of hydrogen-bond donors (Lipinski definition) is 1. The number of nitrogens with one attached hydrogen (secondary N) is 1. The molecule has 3 rings (SSSR count). The van der Waals surface area contributed by atoms with Crippen molar-refractivity contribution in [3.8, 4) is 28.4 Å². The molecule has 0 aliphatic heterocycles. The molecule has 3 aromatic rings. The molecule has 7 heteroatoms. The van der Waals surface area contributed by atoms with Crippen molar-refractivity contribution in [3.63, 3.8) is 0 Å². The van der Waals surface area contributed by atoms with Gasteiger partial charge in [-0.15, -0.1) is 0 Å². The summed E-state index contributed by atoms with van der Waals surface area (Å²) >= 11 is 0. The van der Waals surface area contributed by atoms with Crippen LogP contribution in [0, 0.1) is 0 Å². The van der Waals surface area contributed by atoms with Crippen LogP contribution in [0.4, 0.5) is 0 Å². The van der Waals surface area contributed by atoms with Crippen LogP contribution < -0.4 is 19.6 Å². The van der Waals surface area contributed by atoms with Gasteiger partial charge in [0.2, 0.25) is 5.75 Å². The van der Waals surface area contributed by atoms with Crippen LogP contribution in [0.3, 0.4) is 0 Å². The molecule has 1 amide bonds. The predicted molar refractivity (Wildman–Crippen MR) is 118 cm³/mol. The van der Waals surface area contributed by atoms with Gasteiger partial charge < -0.3 is 14.2 Å². The van der Waals surface area contributed by atoms with Gasteiger partial charge in [0.1, 0.15) is 0 Å². The monoisotopic (exact) mass is 418 g/mol. The highest BCUT2D eigenvalue weighted by Crippen LogP contribution is 2.38. The molecule has 7 nitrogen and oxygen atoms in total. The summed E-state index contributed by atoms with van der Waals surface area (Å²) < 4.78 is 15.7. The first-order valence-electron chi connectivity index (χ1n) is 9.45. The van der Waals surface area contributed by atoms with Gasteiger partial charge in [-0.25, -0.2) is 5.43 Å². The molecule has 0 spiro atoms. The number of methoxy groups -OCH3 is 2. The van der Waals surface area contributed by atoms with Gasteiger partial charge in [0.05, 0.1) is 20.4 Å². The SMILES string of the molecule is COc1cc(/C=N/NC(=O)c2ccc(-c3ccccc3)cc2)cc(OC)c1OC(C)=O. The van der Waals surface area contributed by atoms with Crippen LogP contribution in [0.2, 0.25) is 0 Å². The first-order chi connectivity index (χ1) is 15.0. The van der Waals surface area contributed by atoms with Crippen molar-refractivity contribution in [1.29, 1.82) is 0 Å². The van der Waals surface area contributed by atoms with Crippen LogP contribution in [0.5, 0.6) is 17.2 Å². The van der Waals surface area contributed by atoms with E-state index in [9.17, 15) is 9.59 Å². The van der Waals surface area contributed by atoms with Crippen LogP contribution in [0.15, 0.2) is 71.8 Å². The number of hydrogen-bond acceptors (Lipinski definition) is 6. The Hall–Kier alpha value is -4.13. The molecule has 0 heterocycles. The fourth-order valence-electron chi connectivity index (χ4n) is 2.89. The molecule has 31 heavy (non-hydrogen) atoms. The number of benzene rings is 3. The second kappa shape index (κ2) is 10.1. The first-order valence-corrected chi connectivity index (χ1v) is 9.45. The van der Waals surface area contributed by atoms with E-state index in [1.54, 1.807) is 24.3 Å². The molecule has 1 N–H and O–H groups in total. The quantitative estimate of drug-likeness (QED) is 0.271. The molecule has 0 saturated carbocycles. The Kier molecular flexibility index (Phi) is 7.01. The number of rotatable bonds is 7. The van der Waals surface area contributed by atoms with Gasteiger partial charge in [-0.2, -0.15) is 5.10 Å². The molecule has 0 aliphatic rings. The molecule has 0 bridgehead atoms. The lowest BCUT2D eigenvalue weighted by atomic mass is 10.0. The minimum absolute atomic E-state index is 0.178. The fourth-order valence-corrected chi connectivity index (χ4v) is 2.89. The Labute approximate surface area is 180 Å². The number of amides is 1. The molecule has 0 aromatic heterocycles. The van der Waals surface area contributed by atoms with E-state index in [0.717, 1.165) is 11.1 Å². The van der Waals surface area contributed by atoms with Gasteiger partial charge in [0.15, 0.2) is 11.5 Å². The van der Waals surface area contributed by atoms with E-state index in [1.807, 2.05) is 42.5 Å². The Morgan fingerprint density at radius 1 is 0.871 bits per heavy atom. The number of nitrogens with zero attached hydrogens (tertiary/aromatic N) is 1. The molecule has 0 saturated heterocycles. The minimum Gasteiger partial charge on any atom is -0.493 e. The van der Waals surface area contributed by atoms with Gasteiger partial charge in [0, 0.05) is 18.1 Å². The number of esters is 1. The normalized spacial score (nSPS) is 10.5. The van der Waals surface area contributed by atoms with Crippen molar-refractivity contribution in [1.82, 2.24) is 5.43 Å². The third-order valence-corrected chi connectivity index (χ3v) is 4.36. The number of carbonyl (C=O) groups excluding carboxylic acids is 2. The summed E-state index contributed by atoms with van der Waals surface area (Å²) in [7, 11) is 2.90. The average Bonchev–Trinajstić information content (AvgIpc) is 2.80. The van der Waals surface area contributed by atoms with Crippen LogP contribution in [-0.2, 0) is 4.79 Å². The molecular weight excluding hydrogens is 396 g/mol. The summed E-state index contributed by atoms with van der Waals surface area (Å²) in [6.45, 7) is 1.29. The van der Waals surface area contributed by atoms with Crippen LogP contribution >= 0.6 is 0 Å². The van der Waals surface area contributed by atoms with E-state index in [4.69, 9.17) is 14.2 Å². The lowest BCUT2D eigenvalue weighted by Gasteiger charge is -2.13. The molecular formula is C24H22N2O5. The molecule has 3 aromatic carbocycles. The van der Waals surface area contributed by atoms with Crippen molar-refractivity contribution in [2.45, 2.75) is 6.92 Å². The van der Waals surface area contributed by atoms with Crippen molar-refractivity contribution in [2.24, 2.45) is 5.10 Å². The molecule has 0 atom stereocenters. The van der Waals surface area contributed by atoms with E-state index in [1.165, 1.54) is 27.4 Å². The van der Waals surface area contributed by atoms with Gasteiger partial charge in [0.25, 0.3) is 5.91 Å². The van der Waals surface area contributed by atoms with Crippen LogP contribution in [0.1, 0.15) is 22.8 Å². The number of carbonyl (C=O) groups is 2. The third kappa shape index (κ3) is 5.48. The van der Waals surface area contributed by atoms with Crippen molar-refractivity contribution >= 4 is 18.1 Å². The van der Waals surface area contributed by atoms with E-state index in [2.05, 4.69) is 10.5 Å². The lowest BCUT2D eigenvalue weighted by Crippen LogP contribution is -2.17. The maximum atomic E-state index is 12.4. The summed E-state index contributed by atoms with van der Waals surface area (Å²) in [4.78, 5) is 23.7. The Morgan fingerprint density at radius 2 is 1.45 bits per heavy atom. The minimum atomic E-state index is -0.497. The highest BCUT2D eigenvalue weighted by Gasteiger charge is 2.15. The summed E-state index contributed by atoms with van der Waals surface area (Å²) in [6, 6.07) is 20.4. The zero-order valence-corrected chi connectivity index (χ0v) is 17.4. The molecule has 0 radical (unpaired) electrons. The van der Waals surface area contributed by atoms with Crippen molar-refractivity contribution in [3.05, 3.63) is 77.9 Å². The van der Waals surface area contributed by atoms with Crippen molar-refractivity contribution < 1.29 is 23.8 Å². The molecule has 0 aliphatic carbocycles. The summed E-state index contributed by atoms with van der Waals surface area (Å²) in [6.07, 6.45) is 1.44. The zero-order chi connectivity index (χ0) is 22.2. The maximum Gasteiger partial charge on any atom is 0.308 e. The Morgan fingerprint density at radius 3 is 2.00 bits per heavy atom. The third-order valence-electron chi connectivity index (χ3n) is 4.36. The van der Waals surface area contributed by atoms with Crippen LogP contribution in [-0.4, -0.2) is 32.3 Å². The second-order valence-corrected chi connectivity index (χ2v) is 6.49. The van der Waals surface area contributed by atoms with Gasteiger partial charge in [-0.1, -0.05) is 42.5 Å². The summed E-state index contributed by atoms with van der Waals surface area (Å²) in [5, 5.41) is 4.00. The van der Waals surface area contributed by atoms with E-state index < -0.39 is 5.97 Å². The van der Waals surface area contributed by atoms with Gasteiger partial charge in [-0.3, -0.25) is 9.59 Å². The Bertz CT molecular complexity index is 1070. The molecule has 158 valence electrons. The molecule has 0 unspecified atom stereocenters. The van der Waals surface area contributed by atoms with Crippen molar-refractivity contribution in [2.75, 3.05) is 14.2 Å². The van der Waals surface area contributed by atoms with E-state index in [0.29, 0.717) is 22.6 Å². The lowest BCUT2D eigenvalue weighted by molar-refractivity contribution is -0.132. The predicted octanol–water partition coefficient (Wildman–Crippen LogP) is 4.06. The van der Waals surface area contributed by atoms with Gasteiger partial charge >= 0.3 is 5.97 Å². The summed E-state index contributed by atoms with van der Waals surface area (Å²) in [5.74, 6) is -0.0512. The number of hydrazone groups is 1. The summed E-state index contributed by atoms with van der Waals surface area (Å²) in [5.41, 5.74) is 5.66. The smallest absolute Gasteiger partial charge is 0.308 e. The van der Waals surface area contributed by atoms with E-state index in [-0.39, 0.29) is 11.7 Å². The van der Waals surface area contributed by atoms with E-state index >= 15 is 0 Å².